The van der Waals surface area contributed by atoms with Crippen molar-refractivity contribution < 1.29 is 13.2 Å². The van der Waals surface area contributed by atoms with Gasteiger partial charge in [-0.25, -0.2) is 13.4 Å². The Labute approximate surface area is 167 Å². The van der Waals surface area contributed by atoms with Crippen molar-refractivity contribution in [1.82, 2.24) is 13.9 Å². The van der Waals surface area contributed by atoms with E-state index in [9.17, 15) is 8.42 Å². The Kier molecular flexibility index (Phi) is 5.58. The zero-order chi connectivity index (χ0) is 19.7. The highest BCUT2D eigenvalue weighted by molar-refractivity contribution is 7.89. The summed E-state index contributed by atoms with van der Waals surface area (Å²) in [5, 5.41) is 0. The first kappa shape index (κ1) is 19.6. The molecule has 0 amide bonds. The molecule has 2 aliphatic rings. The van der Waals surface area contributed by atoms with Crippen LogP contribution in [0.25, 0.3) is 0 Å². The van der Waals surface area contributed by atoms with Gasteiger partial charge in [0.25, 0.3) is 0 Å². The normalized spacial score (nSPS) is 18.5. The fraction of sp³-hybridized carbons (Fsp3) is 0.571. The van der Waals surface area contributed by atoms with Gasteiger partial charge in [0.2, 0.25) is 10.0 Å². The van der Waals surface area contributed by atoms with Gasteiger partial charge < -0.3 is 9.30 Å². The summed E-state index contributed by atoms with van der Waals surface area (Å²) in [4.78, 5) is 4.88. The highest BCUT2D eigenvalue weighted by atomic mass is 32.2. The molecule has 2 heterocycles. The molecule has 0 bridgehead atoms. The van der Waals surface area contributed by atoms with Crippen LogP contribution in [-0.4, -0.2) is 42.5 Å². The van der Waals surface area contributed by atoms with Crippen LogP contribution in [0.15, 0.2) is 29.3 Å². The molecule has 1 saturated heterocycles. The number of aromatic nitrogens is 2. The molecule has 1 aliphatic carbocycles. The second kappa shape index (κ2) is 7.97. The third-order valence-electron chi connectivity index (χ3n) is 6.13. The molecule has 1 aromatic carbocycles. The summed E-state index contributed by atoms with van der Waals surface area (Å²) in [6.07, 6.45) is 6.81. The van der Waals surface area contributed by atoms with Crippen molar-refractivity contribution >= 4 is 10.0 Å². The van der Waals surface area contributed by atoms with Gasteiger partial charge in [-0.05, 0) is 68.2 Å². The predicted octanol–water partition coefficient (Wildman–Crippen LogP) is 2.93. The van der Waals surface area contributed by atoms with Gasteiger partial charge >= 0.3 is 0 Å². The van der Waals surface area contributed by atoms with Gasteiger partial charge in [-0.2, -0.15) is 4.31 Å². The summed E-state index contributed by atoms with van der Waals surface area (Å²) in [6.45, 7) is 4.59. The summed E-state index contributed by atoms with van der Waals surface area (Å²) >= 11 is 0. The van der Waals surface area contributed by atoms with E-state index in [1.54, 1.807) is 17.5 Å². The first-order chi connectivity index (χ1) is 13.5. The summed E-state index contributed by atoms with van der Waals surface area (Å²) in [5.41, 5.74) is 3.64. The maximum atomic E-state index is 13.1. The van der Waals surface area contributed by atoms with Crippen LogP contribution in [-0.2, 0) is 40.8 Å². The molecule has 4 rings (SSSR count). The molecule has 2 aromatic rings. The zero-order valence-corrected chi connectivity index (χ0v) is 17.5. The average Bonchev–Trinajstić information content (AvgIpc) is 3.30. The van der Waals surface area contributed by atoms with Gasteiger partial charge in [0.1, 0.15) is 12.4 Å². The molecule has 0 saturated carbocycles. The second-order valence-corrected chi connectivity index (χ2v) is 9.93. The molecule has 0 N–H and O–H groups in total. The van der Waals surface area contributed by atoms with Crippen LogP contribution in [0.2, 0.25) is 0 Å². The molecule has 0 spiro atoms. The van der Waals surface area contributed by atoms with Crippen molar-refractivity contribution in [2.75, 3.05) is 20.2 Å². The maximum absolute atomic E-state index is 13.1. The van der Waals surface area contributed by atoms with Crippen LogP contribution in [0.4, 0.5) is 0 Å². The third-order valence-corrected chi connectivity index (χ3v) is 8.03. The number of sulfonamides is 1. The Morgan fingerprint density at radius 1 is 1.18 bits per heavy atom. The molecular weight excluding hydrogens is 374 g/mol. The largest absolute Gasteiger partial charge is 0.377 e. The van der Waals surface area contributed by atoms with Gasteiger partial charge in [0, 0.05) is 38.6 Å². The lowest BCUT2D eigenvalue weighted by Crippen LogP contribution is -2.39. The van der Waals surface area contributed by atoms with E-state index in [4.69, 9.17) is 4.74 Å². The summed E-state index contributed by atoms with van der Waals surface area (Å²) in [5.74, 6) is 1.39. The van der Waals surface area contributed by atoms with Crippen LogP contribution < -0.4 is 0 Å². The molecule has 1 fully saturated rings. The van der Waals surface area contributed by atoms with Crippen LogP contribution in [0, 0.1) is 12.8 Å². The fourth-order valence-electron chi connectivity index (χ4n) is 4.45. The Balaban J connectivity index is 1.42. The number of ether oxygens (including phenoxy) is 1. The highest BCUT2D eigenvalue weighted by Crippen LogP contribution is 2.29. The van der Waals surface area contributed by atoms with Crippen LogP contribution >= 0.6 is 0 Å². The van der Waals surface area contributed by atoms with E-state index in [2.05, 4.69) is 16.5 Å². The van der Waals surface area contributed by atoms with E-state index >= 15 is 0 Å². The Morgan fingerprint density at radius 2 is 1.93 bits per heavy atom. The van der Waals surface area contributed by atoms with Crippen molar-refractivity contribution in [3.05, 3.63) is 47.0 Å². The predicted molar refractivity (Wildman–Crippen MR) is 108 cm³/mol. The molecule has 0 atom stereocenters. The number of hydrogen-bond acceptors (Lipinski definition) is 4. The van der Waals surface area contributed by atoms with E-state index in [-0.39, 0.29) is 0 Å². The van der Waals surface area contributed by atoms with E-state index in [0.717, 1.165) is 50.2 Å². The minimum Gasteiger partial charge on any atom is -0.377 e. The molecule has 1 aliphatic heterocycles. The van der Waals surface area contributed by atoms with Crippen LogP contribution in [0.3, 0.4) is 0 Å². The number of aryl methyl sites for hydroxylation is 3. The number of imidazole rings is 1. The van der Waals surface area contributed by atoms with E-state index in [0.29, 0.717) is 30.5 Å². The molecule has 0 unspecified atom stereocenters. The number of benzene rings is 1. The van der Waals surface area contributed by atoms with E-state index in [1.807, 2.05) is 18.3 Å². The van der Waals surface area contributed by atoms with Gasteiger partial charge in [-0.15, -0.1) is 0 Å². The zero-order valence-electron chi connectivity index (χ0n) is 16.7. The molecule has 152 valence electrons. The van der Waals surface area contributed by atoms with Crippen molar-refractivity contribution in [2.24, 2.45) is 5.92 Å². The molecule has 28 heavy (non-hydrogen) atoms. The lowest BCUT2D eigenvalue weighted by Gasteiger charge is -2.32. The molecular formula is C21H29N3O3S. The first-order valence-electron chi connectivity index (χ1n) is 10.1. The minimum atomic E-state index is -3.40. The number of rotatable bonds is 6. The smallest absolute Gasteiger partial charge is 0.243 e. The summed E-state index contributed by atoms with van der Waals surface area (Å²) in [6, 6.07) is 5.69. The first-order valence-corrected chi connectivity index (χ1v) is 11.5. The van der Waals surface area contributed by atoms with Crippen molar-refractivity contribution in [3.63, 3.8) is 0 Å². The molecule has 6 nitrogen and oxygen atoms in total. The topological polar surface area (TPSA) is 64.4 Å². The van der Waals surface area contributed by atoms with Crippen molar-refractivity contribution in [1.29, 1.82) is 0 Å². The highest BCUT2D eigenvalue weighted by Gasteiger charge is 2.30. The Hall–Kier alpha value is -1.70. The number of nitrogens with zero attached hydrogens (tertiary/aromatic N) is 3. The lowest BCUT2D eigenvalue weighted by atomic mass is 9.98. The Morgan fingerprint density at radius 3 is 2.68 bits per heavy atom. The number of piperidine rings is 1. The van der Waals surface area contributed by atoms with Gasteiger partial charge in [0.05, 0.1) is 4.90 Å². The lowest BCUT2D eigenvalue weighted by molar-refractivity contribution is 0.170. The number of methoxy groups -OCH3 is 1. The fourth-order valence-corrected chi connectivity index (χ4v) is 5.97. The van der Waals surface area contributed by atoms with Crippen LogP contribution in [0.5, 0.6) is 0 Å². The van der Waals surface area contributed by atoms with Gasteiger partial charge in [-0.1, -0.05) is 6.07 Å². The van der Waals surface area contributed by atoms with E-state index in [1.165, 1.54) is 11.1 Å². The minimum absolute atomic E-state index is 0.454. The average molecular weight is 404 g/mol. The number of hydrogen-bond donors (Lipinski definition) is 0. The van der Waals surface area contributed by atoms with Crippen LogP contribution in [0.1, 0.15) is 41.9 Å². The second-order valence-electron chi connectivity index (χ2n) is 7.99. The molecule has 7 heteroatoms. The third kappa shape index (κ3) is 3.75. The van der Waals surface area contributed by atoms with Gasteiger partial charge in [0.15, 0.2) is 0 Å². The Bertz CT molecular complexity index is 944. The number of fused-ring (bicyclic) bond motifs is 1. The quantitative estimate of drug-likeness (QED) is 0.744. The SMILES string of the molecule is COCc1ncc(C)n1CC1CCN(S(=O)(=O)c2ccc3c(c2)CCC3)CC1. The maximum Gasteiger partial charge on any atom is 0.243 e. The monoisotopic (exact) mass is 403 g/mol. The van der Waals surface area contributed by atoms with Crippen molar-refractivity contribution in [2.45, 2.75) is 57.1 Å². The summed E-state index contributed by atoms with van der Waals surface area (Å²) in [7, 11) is -1.72. The molecule has 0 radical (unpaired) electrons. The standard InChI is InChI=1S/C21H29N3O3S/c1-16-13-22-21(15-27-2)24(16)14-17-8-10-23(11-9-17)28(25,26)20-7-6-18-4-3-5-19(18)12-20/h6-7,12-13,17H,3-5,8-11,14-15H2,1-2H3. The van der Waals surface area contributed by atoms with E-state index < -0.39 is 10.0 Å². The molecule has 1 aromatic heterocycles. The van der Waals surface area contributed by atoms with Gasteiger partial charge in [-0.3, -0.25) is 0 Å². The summed E-state index contributed by atoms with van der Waals surface area (Å²) < 4.78 is 35.3. The van der Waals surface area contributed by atoms with Crippen molar-refractivity contribution in [3.8, 4) is 0 Å².